The van der Waals surface area contributed by atoms with Gasteiger partial charge >= 0.3 is 0 Å². The van der Waals surface area contributed by atoms with Crippen LogP contribution < -0.4 is 10.6 Å². The molecule has 0 unspecified atom stereocenters. The van der Waals surface area contributed by atoms with Gasteiger partial charge in [-0.15, -0.1) is 24.8 Å². The van der Waals surface area contributed by atoms with Gasteiger partial charge in [0.2, 0.25) is 0 Å². The third-order valence-corrected chi connectivity index (χ3v) is 4.39. The normalized spacial score (nSPS) is 16.1. The number of methoxy groups -OCH3 is 1. The van der Waals surface area contributed by atoms with E-state index in [1.807, 2.05) is 35.7 Å². The number of aromatic nitrogens is 2. The van der Waals surface area contributed by atoms with Crippen LogP contribution in [-0.4, -0.2) is 41.1 Å². The number of nitrogens with one attached hydrogen (secondary N) is 2. The van der Waals surface area contributed by atoms with Gasteiger partial charge in [0.1, 0.15) is 11.2 Å². The Morgan fingerprint density at radius 2 is 2.08 bits per heavy atom. The molecular weight excluding hydrogens is 351 g/mol. The molecule has 0 aliphatic carbocycles. The summed E-state index contributed by atoms with van der Waals surface area (Å²) in [5.41, 5.74) is 2.16. The van der Waals surface area contributed by atoms with Crippen LogP contribution in [0.2, 0.25) is 0 Å². The summed E-state index contributed by atoms with van der Waals surface area (Å²) >= 11 is 0. The zero-order chi connectivity index (χ0) is 15.6. The van der Waals surface area contributed by atoms with Gasteiger partial charge < -0.3 is 19.8 Å². The topological polar surface area (TPSA) is 67.7 Å². The maximum absolute atomic E-state index is 12.5. The molecule has 1 aliphatic heterocycles. The van der Waals surface area contributed by atoms with E-state index in [2.05, 4.69) is 15.6 Å². The monoisotopic (exact) mass is 374 g/mol. The van der Waals surface area contributed by atoms with Crippen LogP contribution in [0, 0.1) is 6.92 Å². The average molecular weight is 375 g/mol. The molecule has 8 heteroatoms. The van der Waals surface area contributed by atoms with Gasteiger partial charge in [0.15, 0.2) is 0 Å². The van der Waals surface area contributed by atoms with Crippen LogP contribution in [-0.2, 0) is 16.1 Å². The summed E-state index contributed by atoms with van der Waals surface area (Å²) in [5, 5.41) is 6.22. The molecule has 1 fully saturated rings. The van der Waals surface area contributed by atoms with E-state index < -0.39 is 5.60 Å². The Hall–Kier alpha value is -1.34. The lowest BCUT2D eigenvalue weighted by atomic mass is 9.91. The molecule has 1 amide bonds. The highest BCUT2D eigenvalue weighted by molar-refractivity contribution is 5.86. The first-order valence-corrected chi connectivity index (χ1v) is 7.62. The van der Waals surface area contributed by atoms with Crippen molar-refractivity contribution in [1.29, 1.82) is 0 Å². The SMILES string of the molecule is COC1(C(=O)NCc2cn3c(C)cccc3n2)CCNCC1.Cl.Cl. The van der Waals surface area contributed by atoms with Crippen molar-refractivity contribution in [2.45, 2.75) is 31.9 Å². The number of imidazole rings is 1. The first-order valence-electron chi connectivity index (χ1n) is 7.62. The number of halogens is 2. The predicted octanol–water partition coefficient (Wildman–Crippen LogP) is 1.87. The molecule has 134 valence electrons. The highest BCUT2D eigenvalue weighted by Gasteiger charge is 2.39. The summed E-state index contributed by atoms with van der Waals surface area (Å²) in [6.07, 6.45) is 3.35. The average Bonchev–Trinajstić information content (AvgIpc) is 2.98. The first-order chi connectivity index (χ1) is 10.6. The van der Waals surface area contributed by atoms with Gasteiger partial charge in [0, 0.05) is 19.0 Å². The van der Waals surface area contributed by atoms with Crippen molar-refractivity contribution in [2.24, 2.45) is 0 Å². The molecule has 1 aliphatic rings. The number of aryl methyl sites for hydroxylation is 1. The second kappa shape index (κ2) is 8.67. The quantitative estimate of drug-likeness (QED) is 0.856. The number of pyridine rings is 1. The number of carbonyl (C=O) groups excluding carboxylic acids is 1. The standard InChI is InChI=1S/C16H22N4O2.2ClH/c1-12-4-3-5-14-19-13(11-20(12)14)10-18-15(21)16(22-2)6-8-17-9-7-16;;/h3-5,11,17H,6-10H2,1-2H3,(H,18,21);2*1H. The Balaban J connectivity index is 0.00000144. The molecule has 1 saturated heterocycles. The molecule has 3 heterocycles. The fourth-order valence-electron chi connectivity index (χ4n) is 2.97. The molecule has 0 radical (unpaired) electrons. The Morgan fingerprint density at radius 3 is 2.71 bits per heavy atom. The lowest BCUT2D eigenvalue weighted by Gasteiger charge is -2.34. The van der Waals surface area contributed by atoms with Crippen molar-refractivity contribution in [3.8, 4) is 0 Å². The number of rotatable bonds is 4. The molecule has 3 rings (SSSR count). The summed E-state index contributed by atoms with van der Waals surface area (Å²) in [7, 11) is 1.61. The minimum absolute atomic E-state index is 0. The van der Waals surface area contributed by atoms with Crippen molar-refractivity contribution < 1.29 is 9.53 Å². The predicted molar refractivity (Wildman–Crippen MR) is 98.1 cm³/mol. The van der Waals surface area contributed by atoms with Gasteiger partial charge in [-0.25, -0.2) is 4.98 Å². The molecule has 0 aromatic carbocycles. The van der Waals surface area contributed by atoms with Crippen molar-refractivity contribution >= 4 is 36.4 Å². The van der Waals surface area contributed by atoms with E-state index in [9.17, 15) is 4.79 Å². The van der Waals surface area contributed by atoms with E-state index in [0.29, 0.717) is 19.4 Å². The van der Waals surface area contributed by atoms with Gasteiger partial charge in [-0.2, -0.15) is 0 Å². The highest BCUT2D eigenvalue weighted by Crippen LogP contribution is 2.22. The lowest BCUT2D eigenvalue weighted by Crippen LogP contribution is -2.53. The number of carbonyl (C=O) groups is 1. The Bertz CT molecular complexity index is 684. The van der Waals surface area contributed by atoms with Gasteiger partial charge in [0.05, 0.1) is 12.2 Å². The van der Waals surface area contributed by atoms with E-state index in [1.165, 1.54) is 0 Å². The van der Waals surface area contributed by atoms with Gasteiger partial charge in [-0.05, 0) is 45.0 Å². The molecule has 2 N–H and O–H groups in total. The van der Waals surface area contributed by atoms with E-state index >= 15 is 0 Å². The molecule has 0 atom stereocenters. The number of fused-ring (bicyclic) bond motifs is 1. The minimum atomic E-state index is -0.708. The summed E-state index contributed by atoms with van der Waals surface area (Å²) in [4.78, 5) is 17.0. The fraction of sp³-hybridized carbons (Fsp3) is 0.500. The lowest BCUT2D eigenvalue weighted by molar-refractivity contribution is -0.146. The minimum Gasteiger partial charge on any atom is -0.368 e. The van der Waals surface area contributed by atoms with Crippen LogP contribution in [0.5, 0.6) is 0 Å². The zero-order valence-electron chi connectivity index (χ0n) is 13.9. The molecule has 0 spiro atoms. The first kappa shape index (κ1) is 20.7. The van der Waals surface area contributed by atoms with E-state index in [4.69, 9.17) is 4.74 Å². The number of amides is 1. The third kappa shape index (κ3) is 4.00. The second-order valence-electron chi connectivity index (χ2n) is 5.76. The molecule has 0 bridgehead atoms. The van der Waals surface area contributed by atoms with Crippen molar-refractivity contribution in [2.75, 3.05) is 20.2 Å². The Labute approximate surface area is 154 Å². The maximum atomic E-state index is 12.5. The van der Waals surface area contributed by atoms with Crippen LogP contribution >= 0.6 is 24.8 Å². The van der Waals surface area contributed by atoms with Crippen LogP contribution in [0.4, 0.5) is 0 Å². The van der Waals surface area contributed by atoms with Crippen LogP contribution in [0.3, 0.4) is 0 Å². The van der Waals surface area contributed by atoms with Crippen molar-refractivity contribution in [3.63, 3.8) is 0 Å². The highest BCUT2D eigenvalue weighted by atomic mass is 35.5. The third-order valence-electron chi connectivity index (χ3n) is 4.39. The number of ether oxygens (including phenoxy) is 1. The van der Waals surface area contributed by atoms with E-state index in [1.54, 1.807) is 7.11 Å². The molecule has 0 saturated carbocycles. The molecule has 6 nitrogen and oxygen atoms in total. The second-order valence-corrected chi connectivity index (χ2v) is 5.76. The summed E-state index contributed by atoms with van der Waals surface area (Å²) in [6.45, 7) is 4.05. The van der Waals surface area contributed by atoms with Crippen molar-refractivity contribution in [3.05, 3.63) is 35.8 Å². The van der Waals surface area contributed by atoms with E-state index in [-0.39, 0.29) is 30.7 Å². The summed E-state index contributed by atoms with van der Waals surface area (Å²) in [6, 6.07) is 5.97. The van der Waals surface area contributed by atoms with Gasteiger partial charge in [0.25, 0.3) is 5.91 Å². The summed E-state index contributed by atoms with van der Waals surface area (Å²) < 4.78 is 7.56. The summed E-state index contributed by atoms with van der Waals surface area (Å²) in [5.74, 6) is -0.0507. The molecule has 2 aromatic heterocycles. The molecule has 2 aromatic rings. The largest absolute Gasteiger partial charge is 0.368 e. The van der Waals surface area contributed by atoms with Crippen LogP contribution in [0.15, 0.2) is 24.4 Å². The molecule has 24 heavy (non-hydrogen) atoms. The maximum Gasteiger partial charge on any atom is 0.252 e. The number of piperidine rings is 1. The smallest absolute Gasteiger partial charge is 0.252 e. The van der Waals surface area contributed by atoms with E-state index in [0.717, 1.165) is 30.1 Å². The van der Waals surface area contributed by atoms with Gasteiger partial charge in [-0.3, -0.25) is 4.79 Å². The molecular formula is C16H24Cl2N4O2. The fourth-order valence-corrected chi connectivity index (χ4v) is 2.97. The Morgan fingerprint density at radius 1 is 1.38 bits per heavy atom. The van der Waals surface area contributed by atoms with Crippen LogP contribution in [0.1, 0.15) is 24.2 Å². The van der Waals surface area contributed by atoms with Gasteiger partial charge in [-0.1, -0.05) is 6.07 Å². The Kier molecular flexibility index (Phi) is 7.48. The number of hydrogen-bond acceptors (Lipinski definition) is 4. The zero-order valence-corrected chi connectivity index (χ0v) is 15.5. The number of nitrogens with zero attached hydrogens (tertiary/aromatic N) is 2. The van der Waals surface area contributed by atoms with Crippen LogP contribution in [0.25, 0.3) is 5.65 Å². The van der Waals surface area contributed by atoms with Crippen molar-refractivity contribution in [1.82, 2.24) is 20.0 Å². The number of hydrogen-bond donors (Lipinski definition) is 2.